The van der Waals surface area contributed by atoms with Crippen LogP contribution in [0.2, 0.25) is 0 Å². The van der Waals surface area contributed by atoms with Gasteiger partial charge >= 0.3 is 0 Å². The number of β-amino-alcohol motifs (C(OH)–C–C–N with tert-alkyl or cyclic N) is 1. The summed E-state index contributed by atoms with van der Waals surface area (Å²) in [5, 5.41) is 18.2. The second kappa shape index (κ2) is 3.91. The van der Waals surface area contributed by atoms with Gasteiger partial charge in [0.25, 0.3) is 0 Å². The minimum atomic E-state index is -0.718. The highest BCUT2D eigenvalue weighted by molar-refractivity contribution is 5.97. The van der Waals surface area contributed by atoms with Crippen LogP contribution in [0, 0.1) is 17.1 Å². The Morgan fingerprint density at radius 2 is 2.31 bits per heavy atom. The number of carbonyl (C=O) groups excluding carboxylic acids is 1. The fourth-order valence-corrected chi connectivity index (χ4v) is 1.75. The number of hydrogen-bond acceptors (Lipinski definition) is 3. The third-order valence-corrected chi connectivity index (χ3v) is 2.47. The van der Waals surface area contributed by atoms with Crippen molar-refractivity contribution in [2.75, 3.05) is 11.4 Å². The van der Waals surface area contributed by atoms with Crippen molar-refractivity contribution in [3.63, 3.8) is 0 Å². The van der Waals surface area contributed by atoms with Crippen molar-refractivity contribution in [3.8, 4) is 6.07 Å². The Balaban J connectivity index is 2.41. The molecule has 2 rings (SSSR count). The van der Waals surface area contributed by atoms with Gasteiger partial charge in [0, 0.05) is 0 Å². The first-order valence-corrected chi connectivity index (χ1v) is 4.80. The van der Waals surface area contributed by atoms with Crippen molar-refractivity contribution in [2.24, 2.45) is 0 Å². The lowest BCUT2D eigenvalue weighted by Crippen LogP contribution is -2.26. The smallest absolute Gasteiger partial charge is 0.229 e. The first kappa shape index (κ1) is 10.6. The predicted octanol–water partition coefficient (Wildman–Crippen LogP) is 0.795. The summed E-state index contributed by atoms with van der Waals surface area (Å²) in [4.78, 5) is 12.8. The summed E-state index contributed by atoms with van der Waals surface area (Å²) in [7, 11) is 0. The summed E-state index contributed by atoms with van der Waals surface area (Å²) in [6.07, 6.45) is -0.675. The zero-order valence-corrected chi connectivity index (χ0v) is 8.35. The van der Waals surface area contributed by atoms with E-state index in [4.69, 9.17) is 5.26 Å². The number of aliphatic hydroxyl groups is 1. The highest BCUT2D eigenvalue weighted by atomic mass is 19.1. The minimum Gasteiger partial charge on any atom is -0.391 e. The van der Waals surface area contributed by atoms with E-state index >= 15 is 0 Å². The van der Waals surface area contributed by atoms with Crippen LogP contribution >= 0.6 is 0 Å². The number of aliphatic hydroxyl groups excluding tert-OH is 1. The highest BCUT2D eigenvalue weighted by Gasteiger charge is 2.30. The molecule has 1 aromatic carbocycles. The van der Waals surface area contributed by atoms with Gasteiger partial charge in [0.15, 0.2) is 0 Å². The van der Waals surface area contributed by atoms with Crippen molar-refractivity contribution >= 4 is 11.6 Å². The van der Waals surface area contributed by atoms with E-state index in [2.05, 4.69) is 0 Å². The van der Waals surface area contributed by atoms with Gasteiger partial charge in [-0.15, -0.1) is 0 Å². The van der Waals surface area contributed by atoms with Crippen LogP contribution in [0.15, 0.2) is 18.2 Å². The molecule has 82 valence electrons. The van der Waals surface area contributed by atoms with Crippen molar-refractivity contribution in [1.82, 2.24) is 0 Å². The average molecular weight is 220 g/mol. The fourth-order valence-electron chi connectivity index (χ4n) is 1.75. The maximum absolute atomic E-state index is 12.9. The first-order chi connectivity index (χ1) is 7.61. The molecular formula is C11H9FN2O2. The molecule has 1 aliphatic rings. The van der Waals surface area contributed by atoms with Crippen LogP contribution in [0.4, 0.5) is 10.1 Å². The molecule has 1 N–H and O–H groups in total. The molecule has 0 bridgehead atoms. The molecule has 1 aromatic rings. The summed E-state index contributed by atoms with van der Waals surface area (Å²) in [5.74, 6) is -0.775. The van der Waals surface area contributed by atoms with Crippen molar-refractivity contribution < 1.29 is 14.3 Å². The lowest BCUT2D eigenvalue weighted by atomic mass is 10.1. The van der Waals surface area contributed by atoms with Gasteiger partial charge in [-0.1, -0.05) is 0 Å². The van der Waals surface area contributed by atoms with Crippen LogP contribution < -0.4 is 4.90 Å². The Morgan fingerprint density at radius 1 is 1.56 bits per heavy atom. The average Bonchev–Trinajstić information content (AvgIpc) is 2.57. The number of amides is 1. The van der Waals surface area contributed by atoms with Gasteiger partial charge in [-0.3, -0.25) is 4.79 Å². The summed E-state index contributed by atoms with van der Waals surface area (Å²) >= 11 is 0. The zero-order chi connectivity index (χ0) is 11.7. The minimum absolute atomic E-state index is 0.0439. The molecule has 1 atom stereocenters. The molecule has 0 saturated carbocycles. The zero-order valence-electron chi connectivity index (χ0n) is 8.35. The van der Waals surface area contributed by atoms with E-state index in [1.54, 1.807) is 0 Å². The van der Waals surface area contributed by atoms with Crippen LogP contribution in [-0.4, -0.2) is 23.7 Å². The molecule has 1 amide bonds. The van der Waals surface area contributed by atoms with Crippen LogP contribution in [0.1, 0.15) is 12.0 Å². The van der Waals surface area contributed by atoms with Crippen molar-refractivity contribution in [1.29, 1.82) is 5.26 Å². The highest BCUT2D eigenvalue weighted by Crippen LogP contribution is 2.25. The predicted molar refractivity (Wildman–Crippen MR) is 54.1 cm³/mol. The van der Waals surface area contributed by atoms with Gasteiger partial charge in [0.2, 0.25) is 5.91 Å². The molecule has 0 aromatic heterocycles. The Morgan fingerprint density at radius 3 is 2.88 bits per heavy atom. The SMILES string of the molecule is N#Cc1cc(F)ccc1N1CC(O)CC1=O. The normalized spacial score (nSPS) is 19.9. The molecule has 1 heterocycles. The first-order valence-electron chi connectivity index (χ1n) is 4.80. The third-order valence-electron chi connectivity index (χ3n) is 2.47. The maximum atomic E-state index is 12.9. The third kappa shape index (κ3) is 1.75. The molecule has 4 nitrogen and oxygen atoms in total. The maximum Gasteiger partial charge on any atom is 0.229 e. The number of nitrogens with zero attached hydrogens (tertiary/aromatic N) is 2. The Hall–Kier alpha value is -1.93. The van der Waals surface area contributed by atoms with E-state index in [0.29, 0.717) is 5.69 Å². The number of hydrogen-bond donors (Lipinski definition) is 1. The number of anilines is 1. The standard InChI is InChI=1S/C11H9FN2O2/c12-8-1-2-10(7(3-8)5-13)14-6-9(15)4-11(14)16/h1-3,9,15H,4,6H2. The number of halogens is 1. The monoisotopic (exact) mass is 220 g/mol. The molecule has 0 spiro atoms. The fraction of sp³-hybridized carbons (Fsp3) is 0.273. The number of carbonyl (C=O) groups is 1. The molecule has 1 unspecified atom stereocenters. The molecule has 16 heavy (non-hydrogen) atoms. The van der Waals surface area contributed by atoms with E-state index in [9.17, 15) is 14.3 Å². The van der Waals surface area contributed by atoms with Crippen LogP contribution in [0.25, 0.3) is 0 Å². The van der Waals surface area contributed by atoms with Gasteiger partial charge in [-0.2, -0.15) is 5.26 Å². The van der Waals surface area contributed by atoms with Gasteiger partial charge in [-0.25, -0.2) is 4.39 Å². The lowest BCUT2D eigenvalue weighted by molar-refractivity contribution is -0.117. The number of nitriles is 1. The summed E-state index contributed by atoms with van der Waals surface area (Å²) < 4.78 is 12.9. The molecule has 0 radical (unpaired) electrons. The second-order valence-corrected chi connectivity index (χ2v) is 3.64. The summed E-state index contributed by atoms with van der Waals surface area (Å²) in [6, 6.07) is 5.48. The van der Waals surface area contributed by atoms with Gasteiger partial charge in [-0.05, 0) is 18.2 Å². The molecular weight excluding hydrogens is 211 g/mol. The van der Waals surface area contributed by atoms with E-state index in [0.717, 1.165) is 6.07 Å². The van der Waals surface area contributed by atoms with Crippen LogP contribution in [-0.2, 0) is 4.79 Å². The van der Waals surface area contributed by atoms with Crippen molar-refractivity contribution in [2.45, 2.75) is 12.5 Å². The van der Waals surface area contributed by atoms with Gasteiger partial charge in [0.05, 0.1) is 30.3 Å². The molecule has 1 fully saturated rings. The lowest BCUT2D eigenvalue weighted by Gasteiger charge is -2.17. The summed E-state index contributed by atoms with van der Waals surface area (Å²) in [6.45, 7) is 0.152. The largest absolute Gasteiger partial charge is 0.391 e. The molecule has 1 aliphatic heterocycles. The van der Waals surface area contributed by atoms with Crippen LogP contribution in [0.3, 0.4) is 0 Å². The van der Waals surface area contributed by atoms with E-state index in [1.807, 2.05) is 6.07 Å². The Labute approximate surface area is 91.5 Å². The molecule has 5 heteroatoms. The number of rotatable bonds is 1. The Bertz CT molecular complexity index is 481. The number of benzene rings is 1. The second-order valence-electron chi connectivity index (χ2n) is 3.64. The molecule has 1 saturated heterocycles. The van der Waals surface area contributed by atoms with Gasteiger partial charge in [0.1, 0.15) is 11.9 Å². The van der Waals surface area contributed by atoms with Gasteiger partial charge < -0.3 is 10.0 Å². The van der Waals surface area contributed by atoms with E-state index in [1.165, 1.54) is 17.0 Å². The van der Waals surface area contributed by atoms with Crippen LogP contribution in [0.5, 0.6) is 0 Å². The molecule has 0 aliphatic carbocycles. The Kier molecular flexibility index (Phi) is 2.59. The van der Waals surface area contributed by atoms with E-state index in [-0.39, 0.29) is 24.4 Å². The quantitative estimate of drug-likeness (QED) is 0.761. The topological polar surface area (TPSA) is 64.3 Å². The van der Waals surface area contributed by atoms with E-state index < -0.39 is 11.9 Å². The summed E-state index contributed by atoms with van der Waals surface area (Å²) in [5.41, 5.74) is 0.452. The van der Waals surface area contributed by atoms with Crippen molar-refractivity contribution in [3.05, 3.63) is 29.6 Å².